The maximum absolute atomic E-state index is 11.8. The van der Waals surface area contributed by atoms with E-state index in [1.165, 1.54) is 62.1 Å². The Balaban J connectivity index is 1.48. The number of aldehydes is 1. The first-order valence-corrected chi connectivity index (χ1v) is 12.0. The van der Waals surface area contributed by atoms with E-state index in [0.29, 0.717) is 0 Å². The van der Waals surface area contributed by atoms with Gasteiger partial charge in [-0.05, 0) is 93.1 Å². The Morgan fingerprint density at radius 3 is 2.27 bits per heavy atom. The Morgan fingerprint density at radius 1 is 1.00 bits per heavy atom. The highest BCUT2D eigenvalue weighted by atomic mass is 16.1. The van der Waals surface area contributed by atoms with Gasteiger partial charge in [-0.3, -0.25) is 0 Å². The van der Waals surface area contributed by atoms with Crippen LogP contribution in [0.2, 0.25) is 0 Å². The van der Waals surface area contributed by atoms with Crippen LogP contribution in [0.1, 0.15) is 88.2 Å². The number of unbranched alkanes of at least 4 members (excludes halogenated alkanes) is 1. The standard InChI is InChI=1S/C28H37NO/c1-2-3-7-23-8-10-24(11-9-23)25-12-14-26(15-13-25)27-16-19-28(22-30,20-17-27)18-5-4-6-21-29/h4-6,8-11,18,22,25-27H,2-3,7,12-17,19-20H2,1H3. The second-order valence-corrected chi connectivity index (χ2v) is 9.49. The molecule has 0 atom stereocenters. The summed E-state index contributed by atoms with van der Waals surface area (Å²) in [7, 11) is 0. The third-order valence-corrected chi connectivity index (χ3v) is 7.61. The van der Waals surface area contributed by atoms with Crippen molar-refractivity contribution in [2.24, 2.45) is 17.3 Å². The number of aryl methyl sites for hydroxylation is 1. The molecule has 0 amide bonds. The molecular formula is C28H37NO. The second kappa shape index (κ2) is 11.3. The van der Waals surface area contributed by atoms with Crippen LogP contribution in [0, 0.1) is 28.6 Å². The first kappa shape index (κ1) is 22.5. The molecule has 0 N–H and O–H groups in total. The number of benzene rings is 1. The van der Waals surface area contributed by atoms with Gasteiger partial charge >= 0.3 is 0 Å². The zero-order valence-electron chi connectivity index (χ0n) is 18.6. The molecule has 0 heterocycles. The lowest BCUT2D eigenvalue weighted by Crippen LogP contribution is -2.31. The topological polar surface area (TPSA) is 40.9 Å². The molecule has 1 aromatic rings. The quantitative estimate of drug-likeness (QED) is 0.259. The summed E-state index contributed by atoms with van der Waals surface area (Å²) < 4.78 is 0. The van der Waals surface area contributed by atoms with E-state index >= 15 is 0 Å². The predicted molar refractivity (Wildman–Crippen MR) is 124 cm³/mol. The molecule has 3 rings (SSSR count). The number of nitriles is 1. The summed E-state index contributed by atoms with van der Waals surface area (Å²) >= 11 is 0. The number of carbonyl (C=O) groups excluding carboxylic acids is 1. The second-order valence-electron chi connectivity index (χ2n) is 9.49. The molecule has 1 aromatic carbocycles. The minimum absolute atomic E-state index is 0.312. The number of nitrogens with zero attached hydrogens (tertiary/aromatic N) is 1. The molecule has 0 aromatic heterocycles. The summed E-state index contributed by atoms with van der Waals surface area (Å²) in [5.74, 6) is 2.34. The summed E-state index contributed by atoms with van der Waals surface area (Å²) in [6.45, 7) is 2.25. The maximum Gasteiger partial charge on any atom is 0.129 e. The molecule has 0 saturated heterocycles. The summed E-state index contributed by atoms with van der Waals surface area (Å²) in [6, 6.07) is 11.4. The summed E-state index contributed by atoms with van der Waals surface area (Å²) in [5.41, 5.74) is 2.70. The molecule has 0 unspecified atom stereocenters. The van der Waals surface area contributed by atoms with Crippen molar-refractivity contribution in [2.45, 2.75) is 83.5 Å². The highest BCUT2D eigenvalue weighted by Crippen LogP contribution is 2.47. The van der Waals surface area contributed by atoms with Gasteiger partial charge in [0.05, 0.1) is 6.07 Å². The van der Waals surface area contributed by atoms with Crippen molar-refractivity contribution in [2.75, 3.05) is 0 Å². The zero-order chi connectivity index (χ0) is 21.2. The van der Waals surface area contributed by atoms with Crippen molar-refractivity contribution in [3.8, 4) is 6.07 Å². The van der Waals surface area contributed by atoms with E-state index in [9.17, 15) is 4.79 Å². The molecule has 0 bridgehead atoms. The summed E-state index contributed by atoms with van der Waals surface area (Å²) in [4.78, 5) is 11.8. The number of carbonyl (C=O) groups is 1. The van der Waals surface area contributed by atoms with E-state index in [0.717, 1.165) is 49.7 Å². The fourth-order valence-corrected chi connectivity index (χ4v) is 5.58. The van der Waals surface area contributed by atoms with Crippen LogP contribution in [0.3, 0.4) is 0 Å². The Kier molecular flexibility index (Phi) is 8.50. The van der Waals surface area contributed by atoms with Crippen molar-refractivity contribution in [1.29, 1.82) is 5.26 Å². The lowest BCUT2D eigenvalue weighted by atomic mass is 9.64. The molecular weight excluding hydrogens is 366 g/mol. The zero-order valence-corrected chi connectivity index (χ0v) is 18.6. The van der Waals surface area contributed by atoms with E-state index < -0.39 is 0 Å². The minimum atomic E-state index is -0.312. The van der Waals surface area contributed by atoms with Gasteiger partial charge < -0.3 is 4.79 Å². The SMILES string of the molecule is CCCCc1ccc(C2CCC(C3CCC(C=O)(C=CC=CC#N)CC3)CC2)cc1. The lowest BCUT2D eigenvalue weighted by molar-refractivity contribution is -0.116. The normalized spacial score (nSPS) is 29.8. The van der Waals surface area contributed by atoms with E-state index in [1.807, 2.05) is 18.2 Å². The number of hydrogen-bond donors (Lipinski definition) is 0. The summed E-state index contributed by atoms with van der Waals surface area (Å²) in [6.07, 6.45) is 21.5. The van der Waals surface area contributed by atoms with Gasteiger partial charge in [0.2, 0.25) is 0 Å². The smallest absolute Gasteiger partial charge is 0.129 e. The monoisotopic (exact) mass is 403 g/mol. The van der Waals surface area contributed by atoms with E-state index in [4.69, 9.17) is 5.26 Å². The van der Waals surface area contributed by atoms with Crippen LogP contribution in [0.15, 0.2) is 48.6 Å². The van der Waals surface area contributed by atoms with Gasteiger partial charge in [-0.25, -0.2) is 0 Å². The van der Waals surface area contributed by atoms with Gasteiger partial charge in [0.1, 0.15) is 6.29 Å². The molecule has 2 nitrogen and oxygen atoms in total. The van der Waals surface area contributed by atoms with Crippen LogP contribution in [-0.2, 0) is 11.2 Å². The maximum atomic E-state index is 11.8. The molecule has 2 saturated carbocycles. The van der Waals surface area contributed by atoms with Gasteiger partial charge in [0.25, 0.3) is 0 Å². The molecule has 0 radical (unpaired) electrons. The number of hydrogen-bond acceptors (Lipinski definition) is 2. The lowest BCUT2D eigenvalue weighted by Gasteiger charge is -2.40. The Morgan fingerprint density at radius 2 is 1.67 bits per heavy atom. The highest BCUT2D eigenvalue weighted by molar-refractivity contribution is 5.63. The van der Waals surface area contributed by atoms with E-state index in [-0.39, 0.29) is 5.41 Å². The first-order chi connectivity index (χ1) is 14.7. The third kappa shape index (κ3) is 5.94. The average Bonchev–Trinajstić information content (AvgIpc) is 2.81. The van der Waals surface area contributed by atoms with Crippen LogP contribution >= 0.6 is 0 Å². The third-order valence-electron chi connectivity index (χ3n) is 7.61. The van der Waals surface area contributed by atoms with Crippen LogP contribution in [0.5, 0.6) is 0 Å². The van der Waals surface area contributed by atoms with Gasteiger partial charge in [-0.2, -0.15) is 5.26 Å². The molecule has 160 valence electrons. The van der Waals surface area contributed by atoms with Crippen molar-refractivity contribution in [1.82, 2.24) is 0 Å². The molecule has 0 aliphatic heterocycles. The van der Waals surface area contributed by atoms with Crippen LogP contribution in [0.4, 0.5) is 0 Å². The first-order valence-electron chi connectivity index (χ1n) is 12.0. The largest absolute Gasteiger partial charge is 0.302 e. The Hall–Kier alpha value is -2.14. The Labute approximate surface area is 183 Å². The van der Waals surface area contributed by atoms with Crippen molar-refractivity contribution in [3.05, 3.63) is 59.7 Å². The minimum Gasteiger partial charge on any atom is -0.302 e. The van der Waals surface area contributed by atoms with Crippen LogP contribution in [-0.4, -0.2) is 6.29 Å². The molecule has 30 heavy (non-hydrogen) atoms. The van der Waals surface area contributed by atoms with E-state index in [1.54, 1.807) is 6.08 Å². The highest BCUT2D eigenvalue weighted by Gasteiger charge is 2.37. The molecule has 0 spiro atoms. The van der Waals surface area contributed by atoms with Gasteiger partial charge in [0, 0.05) is 11.5 Å². The van der Waals surface area contributed by atoms with Gasteiger partial charge in [-0.15, -0.1) is 0 Å². The van der Waals surface area contributed by atoms with Crippen LogP contribution < -0.4 is 0 Å². The molecule has 2 aliphatic carbocycles. The van der Waals surface area contributed by atoms with Crippen molar-refractivity contribution >= 4 is 6.29 Å². The number of rotatable bonds is 8. The molecule has 2 heteroatoms. The Bertz CT molecular complexity index is 751. The molecule has 2 fully saturated rings. The molecule has 2 aliphatic rings. The average molecular weight is 404 g/mol. The fraction of sp³-hybridized carbons (Fsp3) is 0.571. The number of allylic oxidation sites excluding steroid dienone is 4. The van der Waals surface area contributed by atoms with E-state index in [2.05, 4.69) is 31.2 Å². The van der Waals surface area contributed by atoms with Crippen molar-refractivity contribution < 1.29 is 4.79 Å². The van der Waals surface area contributed by atoms with Crippen LogP contribution in [0.25, 0.3) is 0 Å². The predicted octanol–water partition coefficient (Wildman–Crippen LogP) is 7.31. The van der Waals surface area contributed by atoms with Crippen molar-refractivity contribution in [3.63, 3.8) is 0 Å². The van der Waals surface area contributed by atoms with Gasteiger partial charge in [-0.1, -0.05) is 55.8 Å². The fourth-order valence-electron chi connectivity index (χ4n) is 5.58. The van der Waals surface area contributed by atoms with Gasteiger partial charge in [0.15, 0.2) is 0 Å². The summed E-state index contributed by atoms with van der Waals surface area (Å²) in [5, 5.41) is 8.60.